The van der Waals surface area contributed by atoms with Crippen LogP contribution in [0.25, 0.3) is 0 Å². The van der Waals surface area contributed by atoms with E-state index in [1.807, 2.05) is 24.3 Å². The second-order valence-electron chi connectivity index (χ2n) is 2.82. The SMILES string of the molecule is NC(=O)N/N=C1/COc2ccccc21. The van der Waals surface area contributed by atoms with Gasteiger partial charge in [0.1, 0.15) is 18.1 Å². The molecule has 0 aliphatic carbocycles. The molecule has 0 saturated carbocycles. The highest BCUT2D eigenvalue weighted by molar-refractivity contribution is 6.06. The van der Waals surface area contributed by atoms with Gasteiger partial charge in [0.2, 0.25) is 0 Å². The summed E-state index contributed by atoms with van der Waals surface area (Å²) in [6.45, 7) is 0.361. The van der Waals surface area contributed by atoms with Crippen LogP contribution in [-0.4, -0.2) is 18.3 Å². The molecule has 1 aromatic rings. The number of hydrazone groups is 1. The predicted molar refractivity (Wildman–Crippen MR) is 51.2 cm³/mol. The highest BCUT2D eigenvalue weighted by Gasteiger charge is 2.18. The van der Waals surface area contributed by atoms with Crippen molar-refractivity contribution < 1.29 is 9.53 Å². The van der Waals surface area contributed by atoms with E-state index in [9.17, 15) is 4.79 Å². The number of benzene rings is 1. The summed E-state index contributed by atoms with van der Waals surface area (Å²) >= 11 is 0. The van der Waals surface area contributed by atoms with Gasteiger partial charge in [0.05, 0.1) is 0 Å². The van der Waals surface area contributed by atoms with Gasteiger partial charge in [-0.05, 0) is 12.1 Å². The Hall–Kier alpha value is -2.04. The lowest BCUT2D eigenvalue weighted by Gasteiger charge is -1.95. The van der Waals surface area contributed by atoms with Crippen molar-refractivity contribution in [3.05, 3.63) is 29.8 Å². The number of carbonyl (C=O) groups excluding carboxylic acids is 1. The number of ether oxygens (including phenoxy) is 1. The molecule has 0 unspecified atom stereocenters. The quantitative estimate of drug-likeness (QED) is 0.632. The van der Waals surface area contributed by atoms with Crippen LogP contribution in [0.3, 0.4) is 0 Å². The fourth-order valence-corrected chi connectivity index (χ4v) is 1.27. The highest BCUT2D eigenvalue weighted by Crippen LogP contribution is 2.24. The summed E-state index contributed by atoms with van der Waals surface area (Å²) in [5.74, 6) is 0.775. The average molecular weight is 191 g/mol. The highest BCUT2D eigenvalue weighted by atomic mass is 16.5. The van der Waals surface area contributed by atoms with Gasteiger partial charge in [-0.3, -0.25) is 0 Å². The van der Waals surface area contributed by atoms with Gasteiger partial charge in [-0.25, -0.2) is 10.2 Å². The van der Waals surface area contributed by atoms with Crippen LogP contribution in [0.2, 0.25) is 0 Å². The van der Waals surface area contributed by atoms with Crippen LogP contribution in [0.1, 0.15) is 5.56 Å². The molecule has 5 nitrogen and oxygen atoms in total. The number of amides is 2. The van der Waals surface area contributed by atoms with E-state index in [-0.39, 0.29) is 0 Å². The lowest BCUT2D eigenvalue weighted by Crippen LogP contribution is -2.26. The fourth-order valence-electron chi connectivity index (χ4n) is 1.27. The fraction of sp³-hybridized carbons (Fsp3) is 0.111. The van der Waals surface area contributed by atoms with Gasteiger partial charge in [-0.15, -0.1) is 0 Å². The first-order valence-electron chi connectivity index (χ1n) is 4.11. The molecule has 2 amide bonds. The Morgan fingerprint density at radius 3 is 3.07 bits per heavy atom. The van der Waals surface area contributed by atoms with E-state index < -0.39 is 6.03 Å². The first kappa shape index (κ1) is 8.55. The minimum atomic E-state index is -0.679. The third-order valence-electron chi connectivity index (χ3n) is 1.86. The largest absolute Gasteiger partial charge is 0.487 e. The van der Waals surface area contributed by atoms with Crippen LogP contribution < -0.4 is 15.9 Å². The first-order valence-corrected chi connectivity index (χ1v) is 4.11. The number of carbonyl (C=O) groups is 1. The zero-order valence-electron chi connectivity index (χ0n) is 7.36. The van der Waals surface area contributed by atoms with Gasteiger partial charge in [-0.1, -0.05) is 12.1 Å². The second-order valence-corrected chi connectivity index (χ2v) is 2.82. The number of para-hydroxylation sites is 1. The minimum absolute atomic E-state index is 0.361. The molecule has 0 spiro atoms. The van der Waals surface area contributed by atoms with Gasteiger partial charge in [-0.2, -0.15) is 5.10 Å². The normalized spacial score (nSPS) is 16.1. The summed E-state index contributed by atoms with van der Waals surface area (Å²) in [7, 11) is 0. The van der Waals surface area contributed by atoms with E-state index in [1.165, 1.54) is 0 Å². The van der Waals surface area contributed by atoms with Gasteiger partial charge >= 0.3 is 6.03 Å². The minimum Gasteiger partial charge on any atom is -0.487 e. The number of nitrogens with one attached hydrogen (secondary N) is 1. The number of hydrogen-bond donors (Lipinski definition) is 2. The predicted octanol–water partition coefficient (Wildman–Crippen LogP) is 0.451. The summed E-state index contributed by atoms with van der Waals surface area (Å²) in [5.41, 5.74) is 8.64. The smallest absolute Gasteiger partial charge is 0.332 e. The molecule has 0 aromatic heterocycles. The number of primary amides is 1. The third kappa shape index (κ3) is 1.52. The molecule has 0 fully saturated rings. The molecule has 72 valence electrons. The molecule has 0 bridgehead atoms. The second kappa shape index (κ2) is 3.37. The van der Waals surface area contributed by atoms with Crippen molar-refractivity contribution in [1.82, 2.24) is 5.43 Å². The van der Waals surface area contributed by atoms with Crippen LogP contribution in [0.4, 0.5) is 4.79 Å². The van der Waals surface area contributed by atoms with Gasteiger partial charge in [0.15, 0.2) is 0 Å². The van der Waals surface area contributed by atoms with Gasteiger partial charge in [0, 0.05) is 5.56 Å². The molecule has 0 atom stereocenters. The Balaban J connectivity index is 2.26. The Labute approximate surface area is 80.6 Å². The molecule has 5 heteroatoms. The number of rotatable bonds is 1. The lowest BCUT2D eigenvalue weighted by molar-refractivity contribution is 0.249. The van der Waals surface area contributed by atoms with Crippen molar-refractivity contribution in [3.63, 3.8) is 0 Å². The zero-order chi connectivity index (χ0) is 9.97. The van der Waals surface area contributed by atoms with Crippen molar-refractivity contribution in [2.45, 2.75) is 0 Å². The molecule has 0 radical (unpaired) electrons. The molecular formula is C9H9N3O2. The molecule has 1 aromatic carbocycles. The van der Waals surface area contributed by atoms with Crippen LogP contribution in [0, 0.1) is 0 Å². The number of fused-ring (bicyclic) bond motifs is 1. The lowest BCUT2D eigenvalue weighted by atomic mass is 10.1. The third-order valence-corrected chi connectivity index (χ3v) is 1.86. The average Bonchev–Trinajstić information content (AvgIpc) is 2.58. The maximum Gasteiger partial charge on any atom is 0.332 e. The maximum absolute atomic E-state index is 10.4. The molecule has 1 aliphatic rings. The summed E-state index contributed by atoms with van der Waals surface area (Å²) in [6, 6.07) is 6.81. The molecule has 3 N–H and O–H groups in total. The topological polar surface area (TPSA) is 76.7 Å². The maximum atomic E-state index is 10.4. The van der Waals surface area contributed by atoms with Crippen LogP contribution in [0.15, 0.2) is 29.4 Å². The monoisotopic (exact) mass is 191 g/mol. The Morgan fingerprint density at radius 2 is 2.29 bits per heavy atom. The van der Waals surface area contributed by atoms with Gasteiger partial charge < -0.3 is 10.5 Å². The summed E-state index contributed by atoms with van der Waals surface area (Å²) in [5, 5.41) is 3.83. The molecular weight excluding hydrogens is 182 g/mol. The summed E-state index contributed by atoms with van der Waals surface area (Å²) in [4.78, 5) is 10.4. The zero-order valence-corrected chi connectivity index (χ0v) is 7.36. The summed E-state index contributed by atoms with van der Waals surface area (Å²) < 4.78 is 5.32. The molecule has 2 rings (SSSR count). The van der Waals surface area contributed by atoms with Crippen molar-refractivity contribution in [1.29, 1.82) is 0 Å². The Bertz CT molecular complexity index is 401. The molecule has 0 saturated heterocycles. The number of nitrogens with zero attached hydrogens (tertiary/aromatic N) is 1. The van der Waals surface area contributed by atoms with E-state index in [1.54, 1.807) is 0 Å². The van der Waals surface area contributed by atoms with Crippen molar-refractivity contribution in [2.24, 2.45) is 10.8 Å². The summed E-state index contributed by atoms with van der Waals surface area (Å²) in [6.07, 6.45) is 0. The van der Waals surface area contributed by atoms with E-state index in [4.69, 9.17) is 10.5 Å². The number of nitrogens with two attached hydrogens (primary N) is 1. The van der Waals surface area contributed by atoms with E-state index >= 15 is 0 Å². The van der Waals surface area contributed by atoms with Crippen molar-refractivity contribution >= 4 is 11.7 Å². The standard InChI is InChI=1S/C9H9N3O2/c10-9(13)12-11-7-5-14-8-4-2-1-3-6(7)8/h1-4H,5H2,(H3,10,12,13)/b11-7-. The van der Waals surface area contributed by atoms with Crippen molar-refractivity contribution in [2.75, 3.05) is 6.61 Å². The van der Waals surface area contributed by atoms with E-state index in [0.29, 0.717) is 12.3 Å². The van der Waals surface area contributed by atoms with Crippen LogP contribution in [-0.2, 0) is 0 Å². The van der Waals surface area contributed by atoms with Crippen LogP contribution in [0.5, 0.6) is 5.75 Å². The Morgan fingerprint density at radius 1 is 1.50 bits per heavy atom. The molecule has 1 aliphatic heterocycles. The Kier molecular flexibility index (Phi) is 2.06. The molecule has 1 heterocycles. The van der Waals surface area contributed by atoms with Crippen LogP contribution >= 0.6 is 0 Å². The van der Waals surface area contributed by atoms with Crippen molar-refractivity contribution in [3.8, 4) is 5.75 Å². The molecule has 14 heavy (non-hydrogen) atoms. The van der Waals surface area contributed by atoms with E-state index in [0.717, 1.165) is 11.3 Å². The number of urea groups is 1. The first-order chi connectivity index (χ1) is 6.77. The van der Waals surface area contributed by atoms with E-state index in [2.05, 4.69) is 10.5 Å². The van der Waals surface area contributed by atoms with Gasteiger partial charge in [0.25, 0.3) is 0 Å². The number of hydrogen-bond acceptors (Lipinski definition) is 3.